The van der Waals surface area contributed by atoms with Gasteiger partial charge < -0.3 is 15.5 Å². The first kappa shape index (κ1) is 18.8. The SMILES string of the molecule is O=C(NCc1ccccc1)c1cc(-c2ccc(O)cc2)c(-c2ccc(O)cc2)s1. The minimum atomic E-state index is -0.135. The highest BCUT2D eigenvalue weighted by Crippen LogP contribution is 2.40. The Morgan fingerprint density at radius 1 is 0.793 bits per heavy atom. The molecule has 0 unspecified atom stereocenters. The molecule has 29 heavy (non-hydrogen) atoms. The maximum Gasteiger partial charge on any atom is 0.261 e. The molecular weight excluding hydrogens is 382 g/mol. The molecule has 3 N–H and O–H groups in total. The number of hydrogen-bond acceptors (Lipinski definition) is 4. The van der Waals surface area contributed by atoms with Crippen molar-refractivity contribution >= 4 is 17.2 Å². The lowest BCUT2D eigenvalue weighted by atomic mass is 10.0. The lowest BCUT2D eigenvalue weighted by Gasteiger charge is -2.05. The van der Waals surface area contributed by atoms with E-state index in [9.17, 15) is 15.0 Å². The third-order valence-electron chi connectivity index (χ3n) is 4.56. The molecule has 0 spiro atoms. The van der Waals surface area contributed by atoms with E-state index in [1.165, 1.54) is 11.3 Å². The van der Waals surface area contributed by atoms with Crippen LogP contribution in [0, 0.1) is 0 Å². The molecule has 0 bridgehead atoms. The van der Waals surface area contributed by atoms with Crippen molar-refractivity contribution in [3.8, 4) is 33.1 Å². The molecule has 0 aliphatic rings. The van der Waals surface area contributed by atoms with E-state index in [-0.39, 0.29) is 17.4 Å². The van der Waals surface area contributed by atoms with Crippen LogP contribution in [0.5, 0.6) is 11.5 Å². The van der Waals surface area contributed by atoms with Gasteiger partial charge in [0.15, 0.2) is 0 Å². The van der Waals surface area contributed by atoms with Gasteiger partial charge in [-0.15, -0.1) is 11.3 Å². The molecule has 3 aromatic carbocycles. The number of aromatic hydroxyl groups is 2. The number of thiophene rings is 1. The van der Waals surface area contributed by atoms with E-state index in [2.05, 4.69) is 5.32 Å². The maximum absolute atomic E-state index is 12.8. The van der Waals surface area contributed by atoms with Crippen LogP contribution in [-0.4, -0.2) is 16.1 Å². The Balaban J connectivity index is 1.68. The highest BCUT2D eigenvalue weighted by atomic mass is 32.1. The molecule has 4 aromatic rings. The minimum absolute atomic E-state index is 0.135. The Morgan fingerprint density at radius 2 is 1.38 bits per heavy atom. The van der Waals surface area contributed by atoms with Gasteiger partial charge in [0, 0.05) is 17.0 Å². The number of rotatable bonds is 5. The summed E-state index contributed by atoms with van der Waals surface area (Å²) in [6, 6.07) is 25.5. The summed E-state index contributed by atoms with van der Waals surface area (Å²) in [6.45, 7) is 0.459. The minimum Gasteiger partial charge on any atom is -0.508 e. The number of benzene rings is 3. The summed E-state index contributed by atoms with van der Waals surface area (Å²) in [7, 11) is 0. The van der Waals surface area contributed by atoms with Crippen LogP contribution in [-0.2, 0) is 6.54 Å². The molecule has 4 rings (SSSR count). The van der Waals surface area contributed by atoms with Gasteiger partial charge in [0.25, 0.3) is 5.91 Å². The van der Waals surface area contributed by atoms with E-state index in [0.29, 0.717) is 11.4 Å². The largest absolute Gasteiger partial charge is 0.508 e. The van der Waals surface area contributed by atoms with Gasteiger partial charge in [0.1, 0.15) is 11.5 Å². The van der Waals surface area contributed by atoms with Crippen molar-refractivity contribution in [1.29, 1.82) is 0 Å². The van der Waals surface area contributed by atoms with Gasteiger partial charge >= 0.3 is 0 Å². The second-order valence-electron chi connectivity index (χ2n) is 6.62. The number of nitrogens with one attached hydrogen (secondary N) is 1. The summed E-state index contributed by atoms with van der Waals surface area (Å²) in [5.74, 6) is 0.247. The molecule has 5 heteroatoms. The van der Waals surface area contributed by atoms with Crippen molar-refractivity contribution in [1.82, 2.24) is 5.32 Å². The predicted octanol–water partition coefficient (Wildman–Crippen LogP) is 5.42. The summed E-state index contributed by atoms with van der Waals surface area (Å²) in [5.41, 5.74) is 3.77. The average molecular weight is 401 g/mol. The Kier molecular flexibility index (Phi) is 5.31. The van der Waals surface area contributed by atoms with Gasteiger partial charge in [-0.3, -0.25) is 4.79 Å². The van der Waals surface area contributed by atoms with Gasteiger partial charge in [0.2, 0.25) is 0 Å². The van der Waals surface area contributed by atoms with Crippen molar-refractivity contribution in [2.75, 3.05) is 0 Å². The second kappa shape index (κ2) is 8.20. The third-order valence-corrected chi connectivity index (χ3v) is 5.74. The zero-order valence-electron chi connectivity index (χ0n) is 15.5. The quantitative estimate of drug-likeness (QED) is 0.418. The normalized spacial score (nSPS) is 10.6. The van der Waals surface area contributed by atoms with Crippen LogP contribution in [0.1, 0.15) is 15.2 Å². The maximum atomic E-state index is 12.8. The van der Waals surface area contributed by atoms with Crippen molar-refractivity contribution < 1.29 is 15.0 Å². The molecule has 1 amide bonds. The van der Waals surface area contributed by atoms with Gasteiger partial charge in [0.05, 0.1) is 4.88 Å². The molecule has 0 atom stereocenters. The molecule has 4 nitrogen and oxygen atoms in total. The predicted molar refractivity (Wildman–Crippen MR) is 116 cm³/mol. The fourth-order valence-electron chi connectivity index (χ4n) is 3.05. The molecule has 0 aliphatic heterocycles. The second-order valence-corrected chi connectivity index (χ2v) is 7.67. The molecule has 0 aliphatic carbocycles. The number of carbonyl (C=O) groups excluding carboxylic acids is 1. The van der Waals surface area contributed by atoms with Crippen LogP contribution in [0.4, 0.5) is 0 Å². The van der Waals surface area contributed by atoms with E-state index in [1.807, 2.05) is 60.7 Å². The molecule has 0 fully saturated rings. The molecule has 0 saturated heterocycles. The van der Waals surface area contributed by atoms with Crippen LogP contribution in [0.15, 0.2) is 84.9 Å². The zero-order valence-corrected chi connectivity index (χ0v) is 16.3. The first-order valence-electron chi connectivity index (χ1n) is 9.15. The van der Waals surface area contributed by atoms with Crippen LogP contribution >= 0.6 is 11.3 Å². The Hall–Kier alpha value is -3.57. The van der Waals surface area contributed by atoms with E-state index < -0.39 is 0 Å². The number of carbonyl (C=O) groups is 1. The summed E-state index contributed by atoms with van der Waals surface area (Å²) >= 11 is 1.40. The summed E-state index contributed by atoms with van der Waals surface area (Å²) in [5, 5.41) is 22.2. The van der Waals surface area contributed by atoms with Crippen molar-refractivity contribution in [2.24, 2.45) is 0 Å². The van der Waals surface area contributed by atoms with Crippen LogP contribution in [0.3, 0.4) is 0 Å². The summed E-state index contributed by atoms with van der Waals surface area (Å²) in [4.78, 5) is 14.3. The Morgan fingerprint density at radius 3 is 2.00 bits per heavy atom. The monoisotopic (exact) mass is 401 g/mol. The van der Waals surface area contributed by atoms with Crippen molar-refractivity contribution in [3.05, 3.63) is 95.4 Å². The summed E-state index contributed by atoms with van der Waals surface area (Å²) in [6.07, 6.45) is 0. The molecule has 1 aromatic heterocycles. The van der Waals surface area contributed by atoms with Crippen LogP contribution in [0.25, 0.3) is 21.6 Å². The van der Waals surface area contributed by atoms with E-state index in [4.69, 9.17) is 0 Å². The van der Waals surface area contributed by atoms with Gasteiger partial charge in [-0.05, 0) is 59.2 Å². The molecule has 1 heterocycles. The van der Waals surface area contributed by atoms with Gasteiger partial charge in [-0.25, -0.2) is 0 Å². The highest BCUT2D eigenvalue weighted by molar-refractivity contribution is 7.18. The van der Waals surface area contributed by atoms with Crippen LogP contribution < -0.4 is 5.32 Å². The van der Waals surface area contributed by atoms with Gasteiger partial charge in [-0.2, -0.15) is 0 Å². The highest BCUT2D eigenvalue weighted by Gasteiger charge is 2.17. The van der Waals surface area contributed by atoms with Crippen molar-refractivity contribution in [2.45, 2.75) is 6.54 Å². The lowest BCUT2D eigenvalue weighted by Crippen LogP contribution is -2.21. The third kappa shape index (κ3) is 4.31. The number of phenolic OH excluding ortho intramolecular Hbond substituents is 2. The topological polar surface area (TPSA) is 69.6 Å². The number of hydrogen-bond donors (Lipinski definition) is 3. The molecule has 0 radical (unpaired) electrons. The lowest BCUT2D eigenvalue weighted by molar-refractivity contribution is 0.0955. The standard InChI is InChI=1S/C24H19NO3S/c26-19-10-6-17(7-11-19)21-14-22(24(28)25-15-16-4-2-1-3-5-16)29-23(21)18-8-12-20(27)13-9-18/h1-14,26-27H,15H2,(H,25,28). The van der Waals surface area contributed by atoms with E-state index >= 15 is 0 Å². The number of amides is 1. The fraction of sp³-hybridized carbons (Fsp3) is 0.0417. The Labute approximate surface area is 172 Å². The first-order chi connectivity index (χ1) is 14.1. The molecule has 144 valence electrons. The van der Waals surface area contributed by atoms with E-state index in [1.54, 1.807) is 24.3 Å². The smallest absolute Gasteiger partial charge is 0.261 e. The molecule has 0 saturated carbocycles. The number of phenols is 2. The Bertz CT molecular complexity index is 1050. The average Bonchev–Trinajstić information content (AvgIpc) is 3.19. The van der Waals surface area contributed by atoms with E-state index in [0.717, 1.165) is 27.1 Å². The van der Waals surface area contributed by atoms with Gasteiger partial charge in [-0.1, -0.05) is 42.5 Å². The fourth-order valence-corrected chi connectivity index (χ4v) is 4.15. The molecular formula is C24H19NO3S. The summed E-state index contributed by atoms with van der Waals surface area (Å²) < 4.78 is 0. The van der Waals surface area contributed by atoms with Crippen LogP contribution in [0.2, 0.25) is 0 Å². The first-order valence-corrected chi connectivity index (χ1v) is 9.96. The van der Waals surface area contributed by atoms with Crippen molar-refractivity contribution in [3.63, 3.8) is 0 Å². The zero-order chi connectivity index (χ0) is 20.2.